The number of thiophene rings is 1. The molecule has 0 spiro atoms. The van der Waals surface area contributed by atoms with Gasteiger partial charge in [-0.1, -0.05) is 30.3 Å². The topological polar surface area (TPSA) is 66.8 Å². The molecule has 1 aliphatic heterocycles. The van der Waals surface area contributed by atoms with Crippen molar-refractivity contribution >= 4 is 23.2 Å². The molecule has 0 unspecified atom stereocenters. The maximum atomic E-state index is 12.7. The summed E-state index contributed by atoms with van der Waals surface area (Å²) in [5, 5.41) is 10.6. The summed E-state index contributed by atoms with van der Waals surface area (Å²) in [6.07, 6.45) is 1.00. The van der Waals surface area contributed by atoms with Crippen LogP contribution in [0.2, 0.25) is 0 Å². The van der Waals surface area contributed by atoms with E-state index in [4.69, 9.17) is 9.84 Å². The van der Waals surface area contributed by atoms with Gasteiger partial charge in [-0.15, -0.1) is 11.3 Å². The second-order valence-corrected chi connectivity index (χ2v) is 6.78. The van der Waals surface area contributed by atoms with Crippen LogP contribution >= 0.6 is 11.3 Å². The second kappa shape index (κ2) is 7.59. The maximum absolute atomic E-state index is 12.7. The van der Waals surface area contributed by atoms with Crippen molar-refractivity contribution in [1.29, 1.82) is 0 Å². The molecule has 6 heteroatoms. The Hall–Kier alpha value is -2.18. The normalized spacial score (nSPS) is 17.7. The molecule has 0 radical (unpaired) electrons. The summed E-state index contributed by atoms with van der Waals surface area (Å²) in [6, 6.07) is 11.7. The van der Waals surface area contributed by atoms with E-state index in [1.165, 1.54) is 16.9 Å². The number of ether oxygens (including phenoxy) is 1. The molecule has 3 rings (SSSR count). The average molecular weight is 345 g/mol. The number of rotatable bonds is 5. The van der Waals surface area contributed by atoms with Crippen LogP contribution in [-0.2, 0) is 22.4 Å². The number of aromatic carboxylic acids is 1. The Balaban J connectivity index is 1.67. The van der Waals surface area contributed by atoms with E-state index in [1.54, 1.807) is 11.4 Å². The molecule has 2 aromatic rings. The van der Waals surface area contributed by atoms with Gasteiger partial charge in [-0.2, -0.15) is 0 Å². The first-order chi connectivity index (χ1) is 11.6. The van der Waals surface area contributed by atoms with E-state index in [9.17, 15) is 9.59 Å². The number of amides is 1. The van der Waals surface area contributed by atoms with E-state index in [1.807, 2.05) is 23.1 Å². The molecular weight excluding hydrogens is 326 g/mol. The van der Waals surface area contributed by atoms with Crippen LogP contribution in [-0.4, -0.2) is 47.7 Å². The molecule has 0 saturated carbocycles. The van der Waals surface area contributed by atoms with Crippen molar-refractivity contribution in [2.75, 3.05) is 19.8 Å². The van der Waals surface area contributed by atoms with E-state index in [0.29, 0.717) is 19.8 Å². The number of carboxylic acids is 1. The van der Waals surface area contributed by atoms with Gasteiger partial charge in [-0.05, 0) is 18.1 Å². The van der Waals surface area contributed by atoms with Gasteiger partial charge in [0.15, 0.2) is 0 Å². The van der Waals surface area contributed by atoms with E-state index in [-0.39, 0.29) is 23.9 Å². The quantitative estimate of drug-likeness (QED) is 0.904. The van der Waals surface area contributed by atoms with Crippen LogP contribution in [0.1, 0.15) is 20.8 Å². The first kappa shape index (κ1) is 16.7. The van der Waals surface area contributed by atoms with Gasteiger partial charge in [0.2, 0.25) is 5.91 Å². The Morgan fingerprint density at radius 3 is 2.79 bits per heavy atom. The fourth-order valence-corrected chi connectivity index (χ4v) is 3.72. The van der Waals surface area contributed by atoms with Crippen molar-refractivity contribution in [3.05, 3.63) is 57.8 Å². The minimum absolute atomic E-state index is 0.0209. The van der Waals surface area contributed by atoms with Gasteiger partial charge < -0.3 is 14.7 Å². The minimum Gasteiger partial charge on any atom is -0.478 e. The third kappa shape index (κ3) is 4.01. The second-order valence-electron chi connectivity index (χ2n) is 5.79. The van der Waals surface area contributed by atoms with Gasteiger partial charge >= 0.3 is 5.97 Å². The molecule has 1 aromatic carbocycles. The van der Waals surface area contributed by atoms with Crippen molar-refractivity contribution < 1.29 is 19.4 Å². The molecule has 1 aromatic heterocycles. The molecule has 1 aliphatic rings. The summed E-state index contributed by atoms with van der Waals surface area (Å²) >= 11 is 1.32. The van der Waals surface area contributed by atoms with E-state index in [0.717, 1.165) is 11.3 Å². The Bertz CT molecular complexity index is 713. The highest BCUT2D eigenvalue weighted by Crippen LogP contribution is 2.19. The van der Waals surface area contributed by atoms with Crippen molar-refractivity contribution in [1.82, 2.24) is 4.90 Å². The molecule has 1 atom stereocenters. The van der Waals surface area contributed by atoms with Crippen molar-refractivity contribution in [2.24, 2.45) is 0 Å². The van der Waals surface area contributed by atoms with Gasteiger partial charge in [0.05, 0.1) is 31.2 Å². The Labute approximate surface area is 144 Å². The zero-order valence-corrected chi connectivity index (χ0v) is 14.0. The van der Waals surface area contributed by atoms with Crippen LogP contribution in [0.15, 0.2) is 41.8 Å². The van der Waals surface area contributed by atoms with Crippen molar-refractivity contribution in [3.8, 4) is 0 Å². The number of carbonyl (C=O) groups is 2. The third-order valence-corrected chi connectivity index (χ3v) is 5.02. The van der Waals surface area contributed by atoms with E-state index >= 15 is 0 Å². The highest BCUT2D eigenvalue weighted by atomic mass is 32.1. The molecule has 2 heterocycles. The molecular formula is C18H19NO4S. The highest BCUT2D eigenvalue weighted by molar-refractivity contribution is 7.10. The molecule has 1 saturated heterocycles. The summed E-state index contributed by atoms with van der Waals surface area (Å²) in [7, 11) is 0. The number of benzene rings is 1. The molecule has 0 aliphatic carbocycles. The Morgan fingerprint density at radius 1 is 1.29 bits per heavy atom. The lowest BCUT2D eigenvalue weighted by Crippen LogP contribution is -2.50. The Kier molecular flexibility index (Phi) is 5.27. The van der Waals surface area contributed by atoms with Crippen molar-refractivity contribution in [3.63, 3.8) is 0 Å². The maximum Gasteiger partial charge on any atom is 0.336 e. The lowest BCUT2D eigenvalue weighted by atomic mass is 10.0. The van der Waals surface area contributed by atoms with E-state index in [2.05, 4.69) is 12.1 Å². The SMILES string of the molecule is O=C(O)c1csc(CC(=O)N2CCOC[C@@H]2Cc2ccccc2)c1. The average Bonchev–Trinajstić information content (AvgIpc) is 3.05. The summed E-state index contributed by atoms with van der Waals surface area (Å²) in [6.45, 7) is 1.65. The van der Waals surface area contributed by atoms with E-state index < -0.39 is 5.97 Å². The summed E-state index contributed by atoms with van der Waals surface area (Å²) in [5.41, 5.74) is 1.42. The van der Waals surface area contributed by atoms with Crippen LogP contribution in [0.4, 0.5) is 0 Å². The third-order valence-electron chi connectivity index (χ3n) is 4.09. The van der Waals surface area contributed by atoms with Crippen LogP contribution < -0.4 is 0 Å². The molecule has 5 nitrogen and oxygen atoms in total. The molecule has 1 amide bonds. The van der Waals surface area contributed by atoms with Gasteiger partial charge in [0.1, 0.15) is 0 Å². The van der Waals surface area contributed by atoms with Gasteiger partial charge in [0, 0.05) is 16.8 Å². The largest absolute Gasteiger partial charge is 0.478 e. The predicted octanol–water partition coefficient (Wildman–Crippen LogP) is 2.46. The van der Waals surface area contributed by atoms with Crippen molar-refractivity contribution in [2.45, 2.75) is 18.9 Å². The van der Waals surface area contributed by atoms with Gasteiger partial charge in [0.25, 0.3) is 0 Å². The van der Waals surface area contributed by atoms with Crippen LogP contribution in [0.5, 0.6) is 0 Å². The number of nitrogens with zero attached hydrogens (tertiary/aromatic N) is 1. The monoisotopic (exact) mass is 345 g/mol. The number of carbonyl (C=O) groups excluding carboxylic acids is 1. The fraction of sp³-hybridized carbons (Fsp3) is 0.333. The molecule has 0 bridgehead atoms. The lowest BCUT2D eigenvalue weighted by Gasteiger charge is -2.35. The zero-order chi connectivity index (χ0) is 16.9. The first-order valence-electron chi connectivity index (χ1n) is 7.85. The molecule has 24 heavy (non-hydrogen) atoms. The summed E-state index contributed by atoms with van der Waals surface area (Å²) < 4.78 is 5.55. The molecule has 126 valence electrons. The highest BCUT2D eigenvalue weighted by Gasteiger charge is 2.27. The number of hydrogen-bond acceptors (Lipinski definition) is 4. The minimum atomic E-state index is -0.960. The van der Waals surface area contributed by atoms with Gasteiger partial charge in [-0.3, -0.25) is 4.79 Å². The fourth-order valence-electron chi connectivity index (χ4n) is 2.87. The van der Waals surface area contributed by atoms with Crippen LogP contribution in [0.3, 0.4) is 0 Å². The van der Waals surface area contributed by atoms with Gasteiger partial charge in [-0.25, -0.2) is 4.79 Å². The van der Waals surface area contributed by atoms with Crippen LogP contribution in [0, 0.1) is 0 Å². The van der Waals surface area contributed by atoms with Crippen LogP contribution in [0.25, 0.3) is 0 Å². The smallest absolute Gasteiger partial charge is 0.336 e. The molecule has 1 fully saturated rings. The lowest BCUT2D eigenvalue weighted by molar-refractivity contribution is -0.139. The first-order valence-corrected chi connectivity index (χ1v) is 8.73. The Morgan fingerprint density at radius 2 is 2.08 bits per heavy atom. The number of morpholine rings is 1. The standard InChI is InChI=1S/C18H19NO4S/c20-17(10-16-9-14(12-24-16)18(21)22)19-6-7-23-11-15(19)8-13-4-2-1-3-5-13/h1-5,9,12,15H,6-8,10-11H2,(H,21,22)/t15-/m0/s1. The molecule has 1 N–H and O–H groups in total. The zero-order valence-electron chi connectivity index (χ0n) is 13.2. The number of carboxylic acid groups (broad SMARTS) is 1. The summed E-state index contributed by atoms with van der Waals surface area (Å²) in [5.74, 6) is -0.934. The summed E-state index contributed by atoms with van der Waals surface area (Å²) in [4.78, 5) is 26.3. The number of hydrogen-bond donors (Lipinski definition) is 1. The predicted molar refractivity (Wildman–Crippen MR) is 91.4 cm³/mol.